The average Bonchev–Trinajstić information content (AvgIpc) is 3.02. The molecular formula is C18H29N5OS2Si. The summed E-state index contributed by atoms with van der Waals surface area (Å²) < 4.78 is 10.1. The summed E-state index contributed by atoms with van der Waals surface area (Å²) in [4.78, 5) is 0. The van der Waals surface area contributed by atoms with Crippen LogP contribution in [0.4, 0.5) is 5.69 Å². The summed E-state index contributed by atoms with van der Waals surface area (Å²) in [5, 5.41) is 12.7. The molecule has 0 aliphatic carbocycles. The van der Waals surface area contributed by atoms with E-state index in [2.05, 4.69) is 49.3 Å². The highest BCUT2D eigenvalue weighted by Gasteiger charge is 2.36. The molecule has 1 heterocycles. The molecule has 6 nitrogen and oxygen atoms in total. The van der Waals surface area contributed by atoms with Crippen molar-refractivity contribution in [2.45, 2.75) is 45.5 Å². The monoisotopic (exact) mass is 423 g/mol. The molecule has 0 saturated heterocycles. The maximum absolute atomic E-state index is 6.26. The van der Waals surface area contributed by atoms with Gasteiger partial charge < -0.3 is 4.43 Å². The highest BCUT2D eigenvalue weighted by atomic mass is 32.2. The Labute approximate surface area is 171 Å². The molecule has 0 radical (unpaired) electrons. The van der Waals surface area contributed by atoms with E-state index in [9.17, 15) is 0 Å². The topological polar surface area (TPSA) is 56.2 Å². The fraction of sp³-hybridized carbons (Fsp3) is 0.500. The molecule has 2 rings (SSSR count). The summed E-state index contributed by atoms with van der Waals surface area (Å²) in [5.74, 6) is 0. The van der Waals surface area contributed by atoms with Gasteiger partial charge in [-0.2, -0.15) is 0 Å². The Bertz CT molecular complexity index is 810. The first-order valence-electron chi connectivity index (χ1n) is 8.74. The third kappa shape index (κ3) is 5.84. The number of rotatable bonds is 7. The van der Waals surface area contributed by atoms with Gasteiger partial charge in [0.2, 0.25) is 0 Å². The van der Waals surface area contributed by atoms with Gasteiger partial charge in [0.1, 0.15) is 0 Å². The predicted octanol–water partition coefficient (Wildman–Crippen LogP) is 5.66. The van der Waals surface area contributed by atoms with Crippen molar-refractivity contribution in [3.8, 4) is 0 Å². The minimum Gasteiger partial charge on any atom is -0.413 e. The lowest BCUT2D eigenvalue weighted by atomic mass is 10.2. The largest absolute Gasteiger partial charge is 0.413 e. The van der Waals surface area contributed by atoms with Gasteiger partial charge in [-0.1, -0.05) is 38.0 Å². The Morgan fingerprint density at radius 3 is 2.04 bits per heavy atom. The van der Waals surface area contributed by atoms with E-state index < -0.39 is 8.32 Å². The Balaban J connectivity index is 2.05. The van der Waals surface area contributed by atoms with Crippen molar-refractivity contribution in [2.24, 2.45) is 15.4 Å². The van der Waals surface area contributed by atoms with Gasteiger partial charge >= 0.3 is 0 Å². The molecule has 0 aliphatic heterocycles. The maximum atomic E-state index is 6.26. The summed E-state index contributed by atoms with van der Waals surface area (Å²) in [7, 11) is -1.74. The molecule has 0 aliphatic rings. The first-order valence-corrected chi connectivity index (χ1v) is 14.0. The van der Waals surface area contributed by atoms with Crippen LogP contribution in [0.15, 0.2) is 52.1 Å². The number of benzene rings is 1. The zero-order valence-corrected chi connectivity index (χ0v) is 19.8. The summed E-state index contributed by atoms with van der Waals surface area (Å²) in [5.41, 5.74) is 2.65. The van der Waals surface area contributed by atoms with Gasteiger partial charge in [0.25, 0.3) is 5.62 Å². The van der Waals surface area contributed by atoms with Crippen LogP contribution in [0.3, 0.4) is 0 Å². The Hall–Kier alpha value is -1.29. The molecule has 27 heavy (non-hydrogen) atoms. The lowest BCUT2D eigenvalue weighted by Crippen LogP contribution is -2.40. The molecule has 0 amide bonds. The lowest BCUT2D eigenvalue weighted by Gasteiger charge is -2.36. The van der Waals surface area contributed by atoms with Gasteiger partial charge in [0.15, 0.2) is 8.32 Å². The zero-order valence-electron chi connectivity index (χ0n) is 17.1. The summed E-state index contributed by atoms with van der Waals surface area (Å²) >= 11 is 3.13. The quantitative estimate of drug-likeness (QED) is 0.328. The molecule has 0 fully saturated rings. The number of aromatic nitrogens is 2. The maximum Gasteiger partial charge on any atom is 0.252 e. The average molecular weight is 424 g/mol. The summed E-state index contributed by atoms with van der Waals surface area (Å²) in [6.45, 7) is 11.9. The third-order valence-corrected chi connectivity index (χ3v) is 10.6. The standard InChI is InChI=1S/C18H29N5OS2Si/c1-18(2,3)27(6,7)24-14-15-8-10-16(11-9-15)19-21-20-17-22(25-4)12-13-23(17)26-5/h8-13H,14H2,1-7H3/b21-19+. The Morgan fingerprint density at radius 2 is 1.56 bits per heavy atom. The van der Waals surface area contributed by atoms with Crippen molar-refractivity contribution in [3.63, 3.8) is 0 Å². The van der Waals surface area contributed by atoms with Crippen molar-refractivity contribution in [3.05, 3.63) is 47.8 Å². The fourth-order valence-corrected chi connectivity index (χ4v) is 3.92. The fourth-order valence-electron chi connectivity index (χ4n) is 1.98. The molecule has 9 heteroatoms. The molecule has 2 aromatic rings. The van der Waals surface area contributed by atoms with Crippen molar-refractivity contribution >= 4 is 37.9 Å². The number of hydrogen-bond acceptors (Lipinski definition) is 5. The molecule has 1 aromatic carbocycles. The molecule has 0 saturated carbocycles. The molecule has 0 unspecified atom stereocenters. The highest BCUT2D eigenvalue weighted by Crippen LogP contribution is 2.37. The van der Waals surface area contributed by atoms with Crippen LogP contribution in [0.5, 0.6) is 0 Å². The predicted molar refractivity (Wildman–Crippen MR) is 119 cm³/mol. The van der Waals surface area contributed by atoms with Crippen molar-refractivity contribution in [1.82, 2.24) is 7.94 Å². The number of hydrogen-bond donors (Lipinski definition) is 0. The molecule has 0 bridgehead atoms. The van der Waals surface area contributed by atoms with E-state index in [1.54, 1.807) is 23.9 Å². The smallest absolute Gasteiger partial charge is 0.252 e. The van der Waals surface area contributed by atoms with Crippen LogP contribution in [0, 0.1) is 0 Å². The minimum absolute atomic E-state index is 0.213. The van der Waals surface area contributed by atoms with Gasteiger partial charge in [-0.05, 0) is 64.9 Å². The van der Waals surface area contributed by atoms with E-state index in [0.29, 0.717) is 6.61 Å². The first kappa shape index (κ1) is 22.0. The van der Waals surface area contributed by atoms with E-state index in [1.165, 1.54) is 0 Å². The van der Waals surface area contributed by atoms with E-state index in [1.807, 2.05) is 57.1 Å². The first-order chi connectivity index (χ1) is 12.7. The molecule has 0 spiro atoms. The second-order valence-corrected chi connectivity index (χ2v) is 13.9. The van der Waals surface area contributed by atoms with Crippen LogP contribution in [0.1, 0.15) is 26.3 Å². The SMILES string of the molecule is CSn1ccn(SC)c1=N/N=N/c1ccc(CO[Si](C)(C)C(C)(C)C)cc1. The molecule has 1 aromatic heterocycles. The van der Waals surface area contributed by atoms with Gasteiger partial charge in [-0.25, -0.2) is 0 Å². The molecule has 0 atom stereocenters. The van der Waals surface area contributed by atoms with Crippen LogP contribution in [0.2, 0.25) is 18.1 Å². The third-order valence-electron chi connectivity index (χ3n) is 4.76. The van der Waals surface area contributed by atoms with Gasteiger partial charge in [-0.3, -0.25) is 7.94 Å². The van der Waals surface area contributed by atoms with Crippen molar-refractivity contribution in [2.75, 3.05) is 12.5 Å². The van der Waals surface area contributed by atoms with Crippen LogP contribution < -0.4 is 5.62 Å². The Kier molecular flexibility index (Phi) is 7.55. The number of imidazole rings is 1. The second kappa shape index (κ2) is 9.27. The van der Waals surface area contributed by atoms with Crippen molar-refractivity contribution < 1.29 is 4.43 Å². The summed E-state index contributed by atoms with van der Waals surface area (Å²) in [6.07, 6.45) is 7.89. The van der Waals surface area contributed by atoms with Crippen LogP contribution in [-0.2, 0) is 11.0 Å². The molecular weight excluding hydrogens is 394 g/mol. The van der Waals surface area contributed by atoms with E-state index in [-0.39, 0.29) is 5.04 Å². The summed E-state index contributed by atoms with van der Waals surface area (Å²) in [6, 6.07) is 7.96. The normalized spacial score (nSPS) is 12.7. The Morgan fingerprint density at radius 1 is 1.00 bits per heavy atom. The van der Waals surface area contributed by atoms with Crippen LogP contribution in [0.25, 0.3) is 0 Å². The zero-order chi connectivity index (χ0) is 20.1. The molecule has 148 valence electrons. The second-order valence-electron chi connectivity index (χ2n) is 7.62. The van der Waals surface area contributed by atoms with Gasteiger partial charge in [0.05, 0.1) is 12.3 Å². The van der Waals surface area contributed by atoms with Crippen LogP contribution in [-0.4, -0.2) is 28.8 Å². The van der Waals surface area contributed by atoms with Crippen LogP contribution >= 0.6 is 23.9 Å². The minimum atomic E-state index is -1.74. The van der Waals surface area contributed by atoms with Crippen molar-refractivity contribution in [1.29, 1.82) is 0 Å². The van der Waals surface area contributed by atoms with E-state index in [0.717, 1.165) is 16.9 Å². The van der Waals surface area contributed by atoms with Gasteiger partial charge in [0, 0.05) is 24.9 Å². The van der Waals surface area contributed by atoms with E-state index in [4.69, 9.17) is 4.43 Å². The van der Waals surface area contributed by atoms with Gasteiger partial charge in [-0.15, -0.1) is 5.11 Å². The number of nitrogens with zero attached hydrogens (tertiary/aromatic N) is 5. The lowest BCUT2D eigenvalue weighted by molar-refractivity contribution is 0.276. The highest BCUT2D eigenvalue weighted by molar-refractivity contribution is 7.97. The van der Waals surface area contributed by atoms with E-state index >= 15 is 0 Å². The molecule has 0 N–H and O–H groups in total.